The Morgan fingerprint density at radius 1 is 1.32 bits per heavy atom. The van der Waals surface area contributed by atoms with Crippen LogP contribution in [0.5, 0.6) is 0 Å². The maximum absolute atomic E-state index is 4.80. The van der Waals surface area contributed by atoms with Crippen LogP contribution in [0.3, 0.4) is 0 Å². The first-order valence-electron chi connectivity index (χ1n) is 7.52. The summed E-state index contributed by atoms with van der Waals surface area (Å²) >= 11 is 1.85. The Morgan fingerprint density at radius 3 is 2.63 bits per heavy atom. The first-order valence-corrected chi connectivity index (χ1v) is 8.34. The monoisotopic (exact) mass is 283 g/mol. The van der Waals surface area contributed by atoms with E-state index in [2.05, 4.69) is 45.0 Å². The van der Waals surface area contributed by atoms with Gasteiger partial charge in [-0.05, 0) is 25.3 Å². The lowest BCUT2D eigenvalue weighted by Crippen LogP contribution is -2.23. The molecule has 0 saturated carbocycles. The Hall–Kier alpha value is -0.610. The van der Waals surface area contributed by atoms with Gasteiger partial charge < -0.3 is 10.2 Å². The van der Waals surface area contributed by atoms with Crippen LogP contribution in [-0.2, 0) is 13.0 Å². The molecule has 0 amide bonds. The van der Waals surface area contributed by atoms with Crippen molar-refractivity contribution in [3.05, 3.63) is 10.6 Å². The summed E-state index contributed by atoms with van der Waals surface area (Å²) in [6.07, 6.45) is 3.43. The van der Waals surface area contributed by atoms with Gasteiger partial charge in [-0.2, -0.15) is 0 Å². The lowest BCUT2D eigenvalue weighted by Gasteiger charge is -2.19. The van der Waals surface area contributed by atoms with E-state index < -0.39 is 0 Å². The van der Waals surface area contributed by atoms with Crippen molar-refractivity contribution in [1.82, 2.24) is 10.3 Å². The highest BCUT2D eigenvalue weighted by Crippen LogP contribution is 2.26. The molecule has 1 N–H and O–H groups in total. The Kier molecular flexibility index (Phi) is 7.39. The lowest BCUT2D eigenvalue weighted by atomic mass is 10.1. The number of hydrogen-bond donors (Lipinski definition) is 1. The molecule has 1 aromatic rings. The minimum absolute atomic E-state index is 0.723. The molecule has 0 aliphatic carbocycles. The average molecular weight is 283 g/mol. The van der Waals surface area contributed by atoms with Gasteiger partial charge in [0.1, 0.15) is 0 Å². The highest BCUT2D eigenvalue weighted by Gasteiger charge is 2.14. The number of rotatable bonds is 9. The van der Waals surface area contributed by atoms with Crippen molar-refractivity contribution in [2.75, 3.05) is 25.0 Å². The molecule has 1 unspecified atom stereocenters. The van der Waals surface area contributed by atoms with Gasteiger partial charge in [-0.25, -0.2) is 4.98 Å². The van der Waals surface area contributed by atoms with Crippen molar-refractivity contribution in [1.29, 1.82) is 0 Å². The maximum Gasteiger partial charge on any atom is 0.185 e. The van der Waals surface area contributed by atoms with E-state index >= 15 is 0 Å². The van der Waals surface area contributed by atoms with Crippen LogP contribution in [0.25, 0.3) is 0 Å². The van der Waals surface area contributed by atoms with Crippen molar-refractivity contribution in [3.8, 4) is 0 Å². The Labute approximate surface area is 122 Å². The highest BCUT2D eigenvalue weighted by atomic mass is 32.1. The summed E-state index contributed by atoms with van der Waals surface area (Å²) in [5.74, 6) is 0.723. The molecule has 0 fully saturated rings. The molecule has 4 heteroatoms. The summed E-state index contributed by atoms with van der Waals surface area (Å²) in [5.41, 5.74) is 1.26. The zero-order chi connectivity index (χ0) is 14.3. The molecule has 1 rings (SSSR count). The van der Waals surface area contributed by atoms with Crippen molar-refractivity contribution >= 4 is 16.5 Å². The summed E-state index contributed by atoms with van der Waals surface area (Å²) in [7, 11) is 2.16. The third-order valence-corrected chi connectivity index (χ3v) is 4.64. The molecule has 0 spiro atoms. The van der Waals surface area contributed by atoms with Gasteiger partial charge in [0, 0.05) is 25.0 Å². The van der Waals surface area contributed by atoms with Crippen LogP contribution < -0.4 is 10.2 Å². The summed E-state index contributed by atoms with van der Waals surface area (Å²) in [6, 6.07) is 0. The van der Waals surface area contributed by atoms with Gasteiger partial charge in [0.05, 0.1) is 5.69 Å². The summed E-state index contributed by atoms with van der Waals surface area (Å²) in [4.78, 5) is 8.51. The van der Waals surface area contributed by atoms with Gasteiger partial charge in [-0.3, -0.25) is 0 Å². The SMILES string of the molecule is CCCNCc1sc(N(C)CC(C)CC)nc1CC. The average Bonchev–Trinajstić information content (AvgIpc) is 2.82. The third-order valence-electron chi connectivity index (χ3n) is 3.42. The number of thiazole rings is 1. The molecule has 0 aromatic carbocycles. The minimum atomic E-state index is 0.723. The van der Waals surface area contributed by atoms with E-state index in [0.717, 1.165) is 32.0 Å². The molecule has 3 nitrogen and oxygen atoms in total. The first-order chi connectivity index (χ1) is 9.12. The molecular weight excluding hydrogens is 254 g/mol. The van der Waals surface area contributed by atoms with Gasteiger partial charge in [0.15, 0.2) is 5.13 Å². The highest BCUT2D eigenvalue weighted by molar-refractivity contribution is 7.15. The minimum Gasteiger partial charge on any atom is -0.351 e. The second-order valence-corrected chi connectivity index (χ2v) is 6.35. The molecule has 1 atom stereocenters. The molecule has 0 aliphatic rings. The zero-order valence-corrected chi connectivity index (χ0v) is 13.9. The van der Waals surface area contributed by atoms with Crippen molar-refractivity contribution in [2.45, 2.75) is 53.5 Å². The second kappa shape index (κ2) is 8.54. The van der Waals surface area contributed by atoms with Crippen LogP contribution in [0.15, 0.2) is 0 Å². The third kappa shape index (κ3) is 5.11. The predicted octanol–water partition coefficient (Wildman–Crippen LogP) is 3.69. The van der Waals surface area contributed by atoms with Crippen LogP contribution in [-0.4, -0.2) is 25.1 Å². The normalized spacial score (nSPS) is 12.7. The Bertz CT molecular complexity index is 362. The van der Waals surface area contributed by atoms with Crippen molar-refractivity contribution in [2.24, 2.45) is 5.92 Å². The van der Waals surface area contributed by atoms with E-state index in [-0.39, 0.29) is 0 Å². The number of anilines is 1. The van der Waals surface area contributed by atoms with Gasteiger partial charge in [-0.1, -0.05) is 34.1 Å². The molecule has 0 radical (unpaired) electrons. The largest absolute Gasteiger partial charge is 0.351 e. The smallest absolute Gasteiger partial charge is 0.185 e. The van der Waals surface area contributed by atoms with Crippen LogP contribution >= 0.6 is 11.3 Å². The van der Waals surface area contributed by atoms with E-state index in [1.165, 1.54) is 28.5 Å². The molecule has 19 heavy (non-hydrogen) atoms. The maximum atomic E-state index is 4.80. The summed E-state index contributed by atoms with van der Waals surface area (Å²) in [6.45, 7) is 12.1. The molecule has 1 aromatic heterocycles. The molecule has 1 heterocycles. The van der Waals surface area contributed by atoms with Gasteiger partial charge in [0.25, 0.3) is 0 Å². The van der Waals surface area contributed by atoms with E-state index in [1.807, 2.05) is 11.3 Å². The van der Waals surface area contributed by atoms with Crippen molar-refractivity contribution < 1.29 is 0 Å². The Morgan fingerprint density at radius 2 is 2.05 bits per heavy atom. The van der Waals surface area contributed by atoms with Crippen LogP contribution in [0.4, 0.5) is 5.13 Å². The fourth-order valence-electron chi connectivity index (χ4n) is 2.00. The molecule has 110 valence electrons. The topological polar surface area (TPSA) is 28.2 Å². The quantitative estimate of drug-likeness (QED) is 0.701. The summed E-state index contributed by atoms with van der Waals surface area (Å²) in [5, 5.41) is 4.65. The van der Waals surface area contributed by atoms with E-state index in [4.69, 9.17) is 4.98 Å². The van der Waals surface area contributed by atoms with Crippen LogP contribution in [0.2, 0.25) is 0 Å². The van der Waals surface area contributed by atoms with E-state index in [1.54, 1.807) is 0 Å². The standard InChI is InChI=1S/C15H29N3S/c1-6-9-16-10-14-13(8-3)17-15(19-14)18(5)11-12(4)7-2/h12,16H,6-11H2,1-5H3. The van der Waals surface area contributed by atoms with Gasteiger partial charge >= 0.3 is 0 Å². The van der Waals surface area contributed by atoms with E-state index in [0.29, 0.717) is 0 Å². The fraction of sp³-hybridized carbons (Fsp3) is 0.800. The first kappa shape index (κ1) is 16.4. The summed E-state index contributed by atoms with van der Waals surface area (Å²) < 4.78 is 0. The lowest BCUT2D eigenvalue weighted by molar-refractivity contribution is 0.559. The number of aromatic nitrogens is 1. The predicted molar refractivity (Wildman–Crippen MR) is 86.2 cm³/mol. The van der Waals surface area contributed by atoms with Gasteiger partial charge in [-0.15, -0.1) is 11.3 Å². The zero-order valence-electron chi connectivity index (χ0n) is 13.1. The number of nitrogens with zero attached hydrogens (tertiary/aromatic N) is 2. The molecular formula is C15H29N3S. The number of nitrogens with one attached hydrogen (secondary N) is 1. The Balaban J connectivity index is 2.68. The number of hydrogen-bond acceptors (Lipinski definition) is 4. The molecule has 0 aliphatic heterocycles. The molecule has 0 saturated heterocycles. The molecule has 0 bridgehead atoms. The second-order valence-electron chi connectivity index (χ2n) is 5.29. The number of aryl methyl sites for hydroxylation is 1. The van der Waals surface area contributed by atoms with Crippen LogP contribution in [0, 0.1) is 5.92 Å². The van der Waals surface area contributed by atoms with Gasteiger partial charge in [0.2, 0.25) is 0 Å². The fourth-order valence-corrected chi connectivity index (χ4v) is 3.09. The van der Waals surface area contributed by atoms with Crippen LogP contribution in [0.1, 0.15) is 51.1 Å². The van der Waals surface area contributed by atoms with Crippen molar-refractivity contribution in [3.63, 3.8) is 0 Å². The van der Waals surface area contributed by atoms with E-state index in [9.17, 15) is 0 Å².